The van der Waals surface area contributed by atoms with Crippen molar-refractivity contribution in [3.63, 3.8) is 0 Å². The van der Waals surface area contributed by atoms with Crippen LogP contribution in [0.3, 0.4) is 0 Å². The quantitative estimate of drug-likeness (QED) is 0.478. The van der Waals surface area contributed by atoms with Crippen molar-refractivity contribution >= 4 is 34.8 Å². The summed E-state index contributed by atoms with van der Waals surface area (Å²) in [4.78, 5) is 14.6. The van der Waals surface area contributed by atoms with Gasteiger partial charge in [0.25, 0.3) is 0 Å². The van der Waals surface area contributed by atoms with Crippen LogP contribution in [-0.4, -0.2) is 42.1 Å². The van der Waals surface area contributed by atoms with Crippen LogP contribution in [0, 0.1) is 6.92 Å². The Morgan fingerprint density at radius 2 is 1.87 bits per heavy atom. The summed E-state index contributed by atoms with van der Waals surface area (Å²) >= 11 is 1.62. The summed E-state index contributed by atoms with van der Waals surface area (Å²) in [5.74, 6) is 0. The second kappa shape index (κ2) is 15.3. The van der Waals surface area contributed by atoms with E-state index < -0.39 is 11.0 Å². The van der Waals surface area contributed by atoms with E-state index in [0.29, 0.717) is 6.04 Å². The molecule has 0 radical (unpaired) electrons. The third-order valence-electron chi connectivity index (χ3n) is 4.36. The van der Waals surface area contributed by atoms with Crippen LogP contribution < -0.4 is 10.2 Å². The predicted molar refractivity (Wildman–Crippen MR) is 134 cm³/mol. The Bertz CT molecular complexity index is 744. The standard InChI is InChI=1S/C13H22N2OS.C10H17NOS/c1-10(2)15(6)13-8-7-12(9-11(13)3)17(16)14(4)5;1-4-7-10(11-8-12)13-9(5-2)6-3/h7-10H,1-6H3;5,7-8H,4,6H2,1-3H3,(H,11,12)/b;9-5-,10-7+. The van der Waals surface area contributed by atoms with Crippen molar-refractivity contribution in [1.29, 1.82) is 0 Å². The summed E-state index contributed by atoms with van der Waals surface area (Å²) in [6, 6.07) is 6.45. The molecule has 0 aliphatic rings. The summed E-state index contributed by atoms with van der Waals surface area (Å²) in [5, 5.41) is 3.61. The lowest BCUT2D eigenvalue weighted by Gasteiger charge is -2.26. The molecule has 0 saturated heterocycles. The average molecular weight is 454 g/mol. The highest BCUT2D eigenvalue weighted by atomic mass is 32.2. The highest BCUT2D eigenvalue weighted by Crippen LogP contribution is 2.25. The molecule has 1 rings (SSSR count). The van der Waals surface area contributed by atoms with Gasteiger partial charge in [0.1, 0.15) is 11.0 Å². The molecule has 0 aliphatic carbocycles. The molecule has 0 bridgehead atoms. The first-order valence-corrected chi connectivity index (χ1v) is 12.2. The monoisotopic (exact) mass is 453 g/mol. The summed E-state index contributed by atoms with van der Waals surface area (Å²) in [5.41, 5.74) is 2.36. The molecule has 1 aromatic carbocycles. The largest absolute Gasteiger partial charge is 0.372 e. The molecule has 170 valence electrons. The molecular weight excluding hydrogens is 414 g/mol. The Morgan fingerprint density at radius 1 is 1.23 bits per heavy atom. The van der Waals surface area contributed by atoms with Gasteiger partial charge in [-0.2, -0.15) is 0 Å². The van der Waals surface area contributed by atoms with E-state index in [9.17, 15) is 9.00 Å². The minimum Gasteiger partial charge on any atom is -0.372 e. The van der Waals surface area contributed by atoms with E-state index in [-0.39, 0.29) is 0 Å². The summed E-state index contributed by atoms with van der Waals surface area (Å²) in [6.45, 7) is 12.5. The molecule has 7 heteroatoms. The van der Waals surface area contributed by atoms with Gasteiger partial charge in [-0.05, 0) is 83.3 Å². The zero-order valence-corrected chi connectivity index (χ0v) is 21.6. The number of benzene rings is 1. The van der Waals surface area contributed by atoms with Crippen molar-refractivity contribution in [2.45, 2.75) is 65.3 Å². The molecule has 0 saturated carbocycles. The van der Waals surface area contributed by atoms with Crippen molar-refractivity contribution in [1.82, 2.24) is 9.62 Å². The number of hydrogen-bond donors (Lipinski definition) is 1. The Balaban J connectivity index is 0.000000584. The third kappa shape index (κ3) is 9.96. The van der Waals surface area contributed by atoms with Gasteiger partial charge in [-0.15, -0.1) is 0 Å². The molecule has 0 spiro atoms. The van der Waals surface area contributed by atoms with Gasteiger partial charge < -0.3 is 10.2 Å². The van der Waals surface area contributed by atoms with E-state index in [0.717, 1.165) is 34.7 Å². The predicted octanol–water partition coefficient (Wildman–Crippen LogP) is 5.45. The summed E-state index contributed by atoms with van der Waals surface area (Å²) < 4.78 is 13.6. The van der Waals surface area contributed by atoms with Crippen molar-refractivity contribution in [2.75, 3.05) is 26.0 Å². The lowest BCUT2D eigenvalue weighted by molar-refractivity contribution is -0.108. The topological polar surface area (TPSA) is 52.7 Å². The van der Waals surface area contributed by atoms with Crippen LogP contribution in [0.2, 0.25) is 0 Å². The maximum atomic E-state index is 11.9. The van der Waals surface area contributed by atoms with Gasteiger partial charge in [-0.25, -0.2) is 8.51 Å². The fourth-order valence-electron chi connectivity index (χ4n) is 2.47. The Hall–Kier alpha value is -1.57. The van der Waals surface area contributed by atoms with Crippen LogP contribution in [0.1, 0.15) is 53.0 Å². The number of carbonyl (C=O) groups is 1. The van der Waals surface area contributed by atoms with Gasteiger partial charge in [-0.3, -0.25) is 4.79 Å². The Kier molecular flexibility index (Phi) is 14.5. The molecule has 1 amide bonds. The number of rotatable bonds is 10. The number of thioether (sulfide) groups is 1. The summed E-state index contributed by atoms with van der Waals surface area (Å²) in [7, 11) is 4.65. The third-order valence-corrected chi connectivity index (χ3v) is 6.97. The molecule has 1 aromatic rings. The van der Waals surface area contributed by atoms with E-state index in [1.54, 1.807) is 16.1 Å². The average Bonchev–Trinajstić information content (AvgIpc) is 2.71. The normalized spacial score (nSPS) is 13.0. The SMILES string of the molecule is C/C=C(/CC)S/C(=C/CC)NC=O.Cc1cc(S(=O)N(C)C)ccc1N(C)C(C)C. The van der Waals surface area contributed by atoms with Crippen LogP contribution in [0.4, 0.5) is 5.69 Å². The van der Waals surface area contributed by atoms with Crippen molar-refractivity contribution in [2.24, 2.45) is 0 Å². The van der Waals surface area contributed by atoms with E-state index >= 15 is 0 Å². The van der Waals surface area contributed by atoms with Crippen LogP contribution >= 0.6 is 11.8 Å². The second-order valence-electron chi connectivity index (χ2n) is 7.16. The van der Waals surface area contributed by atoms with Gasteiger partial charge in [-0.1, -0.05) is 37.8 Å². The van der Waals surface area contributed by atoms with Crippen LogP contribution in [0.15, 0.2) is 45.2 Å². The lowest BCUT2D eigenvalue weighted by atomic mass is 10.1. The highest BCUT2D eigenvalue weighted by molar-refractivity contribution is 8.06. The zero-order chi connectivity index (χ0) is 23.3. The minimum atomic E-state index is -1.06. The highest BCUT2D eigenvalue weighted by Gasteiger charge is 2.12. The van der Waals surface area contributed by atoms with Crippen molar-refractivity contribution in [3.8, 4) is 0 Å². The maximum Gasteiger partial charge on any atom is 0.211 e. The van der Waals surface area contributed by atoms with Gasteiger partial charge in [0.05, 0.1) is 9.92 Å². The number of hydrogen-bond acceptors (Lipinski definition) is 4. The van der Waals surface area contributed by atoms with E-state index in [1.165, 1.54) is 10.6 Å². The fraction of sp³-hybridized carbons (Fsp3) is 0.522. The number of nitrogens with zero attached hydrogens (tertiary/aromatic N) is 2. The van der Waals surface area contributed by atoms with Crippen LogP contribution in [-0.2, 0) is 15.8 Å². The molecule has 0 fully saturated rings. The van der Waals surface area contributed by atoms with Crippen molar-refractivity contribution < 1.29 is 9.00 Å². The number of allylic oxidation sites excluding steroid dienone is 3. The number of nitrogens with one attached hydrogen (secondary N) is 1. The molecule has 0 aromatic heterocycles. The second-order valence-corrected chi connectivity index (χ2v) is 10.0. The van der Waals surface area contributed by atoms with Gasteiger partial charge in [0, 0.05) is 18.8 Å². The summed E-state index contributed by atoms with van der Waals surface area (Å²) in [6.07, 6.45) is 6.74. The first-order valence-electron chi connectivity index (χ1n) is 10.3. The van der Waals surface area contributed by atoms with Crippen LogP contribution in [0.25, 0.3) is 0 Å². The molecule has 30 heavy (non-hydrogen) atoms. The molecule has 0 heterocycles. The van der Waals surface area contributed by atoms with Gasteiger partial charge >= 0.3 is 0 Å². The molecule has 1 N–H and O–H groups in total. The first-order chi connectivity index (χ1) is 14.1. The van der Waals surface area contributed by atoms with Gasteiger partial charge in [0.15, 0.2) is 0 Å². The number of anilines is 1. The molecule has 5 nitrogen and oxygen atoms in total. The van der Waals surface area contributed by atoms with E-state index in [1.807, 2.05) is 52.2 Å². The van der Waals surface area contributed by atoms with Crippen molar-refractivity contribution in [3.05, 3.63) is 45.8 Å². The minimum absolute atomic E-state index is 0.457. The first kappa shape index (κ1) is 28.4. The zero-order valence-electron chi connectivity index (χ0n) is 20.0. The molecular formula is C23H39N3O2S2. The smallest absolute Gasteiger partial charge is 0.211 e. The lowest BCUT2D eigenvalue weighted by Crippen LogP contribution is -2.26. The molecule has 1 unspecified atom stereocenters. The maximum absolute atomic E-state index is 11.9. The van der Waals surface area contributed by atoms with Gasteiger partial charge in [0.2, 0.25) is 6.41 Å². The number of aryl methyl sites for hydroxylation is 1. The fourth-order valence-corrected chi connectivity index (χ4v) is 4.26. The van der Waals surface area contributed by atoms with Crippen LogP contribution in [0.5, 0.6) is 0 Å². The Labute approximate surface area is 190 Å². The van der Waals surface area contributed by atoms with E-state index in [4.69, 9.17) is 0 Å². The molecule has 1 atom stereocenters. The number of carbonyl (C=O) groups excluding carboxylic acids is 1. The van der Waals surface area contributed by atoms with E-state index in [2.05, 4.69) is 51.0 Å². The Morgan fingerprint density at radius 3 is 2.27 bits per heavy atom. The number of amides is 1. The molecule has 0 aliphatic heterocycles.